The van der Waals surface area contributed by atoms with Crippen LogP contribution in [0.3, 0.4) is 0 Å². The molecule has 0 saturated carbocycles. The quantitative estimate of drug-likeness (QED) is 0.874. The largest absolute Gasteiger partial charge is 0.326 e. The molecule has 0 unspecified atom stereocenters. The van der Waals surface area contributed by atoms with Crippen LogP contribution in [0.4, 0.5) is 5.69 Å². The van der Waals surface area contributed by atoms with Gasteiger partial charge in [-0.3, -0.25) is 9.59 Å². The van der Waals surface area contributed by atoms with Gasteiger partial charge in [0.2, 0.25) is 5.91 Å². The molecule has 2 rings (SSSR count). The third-order valence-corrected chi connectivity index (χ3v) is 2.81. The Morgan fingerprint density at radius 2 is 1.74 bits per heavy atom. The second-order valence-electron chi connectivity index (χ2n) is 4.07. The van der Waals surface area contributed by atoms with E-state index in [-0.39, 0.29) is 11.7 Å². The molecule has 0 bridgehead atoms. The number of benzene rings is 2. The fourth-order valence-corrected chi connectivity index (χ4v) is 1.92. The van der Waals surface area contributed by atoms with E-state index in [0.717, 1.165) is 0 Å². The van der Waals surface area contributed by atoms with Crippen LogP contribution in [0.15, 0.2) is 48.5 Å². The van der Waals surface area contributed by atoms with Gasteiger partial charge in [-0.2, -0.15) is 0 Å². The van der Waals surface area contributed by atoms with Gasteiger partial charge >= 0.3 is 0 Å². The van der Waals surface area contributed by atoms with Crippen molar-refractivity contribution in [2.75, 3.05) is 5.32 Å². The van der Waals surface area contributed by atoms with Gasteiger partial charge in [0.05, 0.1) is 5.69 Å². The maximum absolute atomic E-state index is 12.4. The number of amides is 1. The Morgan fingerprint density at radius 3 is 2.37 bits per heavy atom. The number of anilines is 1. The third-order valence-electron chi connectivity index (χ3n) is 2.57. The van der Waals surface area contributed by atoms with E-state index in [1.807, 2.05) is 6.07 Å². The van der Waals surface area contributed by atoms with Gasteiger partial charge in [0.25, 0.3) is 0 Å². The van der Waals surface area contributed by atoms with E-state index in [1.165, 1.54) is 6.92 Å². The predicted molar refractivity (Wildman–Crippen MR) is 75.6 cm³/mol. The molecule has 0 fully saturated rings. The number of halogens is 1. The standard InChI is InChI=1S/C15H12ClNO2/c1-10(18)17-14-8-7-12(16)9-13(14)15(19)11-5-3-2-4-6-11/h2-9H,1H3,(H,17,18)/i2+1,3+1,4+1,5+1,6+1,11+1. The molecule has 0 aliphatic heterocycles. The van der Waals surface area contributed by atoms with Gasteiger partial charge in [0, 0.05) is 23.1 Å². The van der Waals surface area contributed by atoms with Crippen LogP contribution >= 0.6 is 11.6 Å². The number of carbonyl (C=O) groups is 2. The SMILES string of the molecule is CC(=O)Nc1ccc(Cl)cc1C(=O)[13c]1[13cH][13cH][13cH][13cH][13cH]1. The van der Waals surface area contributed by atoms with Gasteiger partial charge in [-0.1, -0.05) is 41.9 Å². The molecule has 0 saturated heterocycles. The molecule has 2 aromatic carbocycles. The van der Waals surface area contributed by atoms with Crippen LogP contribution in [-0.4, -0.2) is 11.7 Å². The summed E-state index contributed by atoms with van der Waals surface area (Å²) < 4.78 is 0. The van der Waals surface area contributed by atoms with Crippen LogP contribution in [0.5, 0.6) is 0 Å². The summed E-state index contributed by atoms with van der Waals surface area (Å²) in [6.45, 7) is 1.39. The predicted octanol–water partition coefficient (Wildman–Crippen LogP) is 3.53. The Kier molecular flexibility index (Phi) is 3.97. The van der Waals surface area contributed by atoms with Crippen LogP contribution in [0.25, 0.3) is 0 Å². The molecule has 96 valence electrons. The summed E-state index contributed by atoms with van der Waals surface area (Å²) in [6, 6.07) is 13.7. The Hall–Kier alpha value is -2.13. The second-order valence-corrected chi connectivity index (χ2v) is 4.50. The minimum Gasteiger partial charge on any atom is -0.326 e. The Bertz CT molecular complexity index is 623. The van der Waals surface area contributed by atoms with Crippen LogP contribution in [0, 0.1) is 0 Å². The van der Waals surface area contributed by atoms with E-state index in [2.05, 4.69) is 5.32 Å². The van der Waals surface area contributed by atoms with Crippen molar-refractivity contribution in [3.8, 4) is 0 Å². The lowest BCUT2D eigenvalue weighted by atomic mass is 10.1. The minimum absolute atomic E-state index is 0.174. The van der Waals surface area contributed by atoms with Crippen molar-refractivity contribution in [1.82, 2.24) is 0 Å². The molecule has 0 aliphatic rings. The van der Waals surface area contributed by atoms with Crippen molar-refractivity contribution in [1.29, 1.82) is 0 Å². The monoisotopic (exact) mass is 279 g/mol. The second kappa shape index (κ2) is 5.67. The van der Waals surface area contributed by atoms with Gasteiger partial charge in [-0.25, -0.2) is 0 Å². The number of ketones is 1. The number of nitrogens with one attached hydrogen (secondary N) is 1. The van der Waals surface area contributed by atoms with E-state index in [1.54, 1.807) is 42.5 Å². The lowest BCUT2D eigenvalue weighted by Crippen LogP contribution is -2.11. The first-order valence-corrected chi connectivity index (χ1v) is 6.12. The number of hydrogen-bond acceptors (Lipinski definition) is 2. The first kappa shape index (κ1) is 13.3. The third kappa shape index (κ3) is 3.20. The molecule has 0 aliphatic carbocycles. The molecule has 19 heavy (non-hydrogen) atoms. The summed E-state index contributed by atoms with van der Waals surface area (Å²) in [5.74, 6) is -0.406. The van der Waals surface area contributed by atoms with E-state index in [4.69, 9.17) is 11.6 Å². The molecular weight excluding hydrogens is 268 g/mol. The van der Waals surface area contributed by atoms with E-state index in [9.17, 15) is 9.59 Å². The topological polar surface area (TPSA) is 46.2 Å². The molecule has 4 heteroatoms. The van der Waals surface area contributed by atoms with Gasteiger partial charge in [-0.15, -0.1) is 0 Å². The molecule has 0 spiro atoms. The smallest absolute Gasteiger partial charge is 0.221 e. The highest BCUT2D eigenvalue weighted by Gasteiger charge is 2.14. The van der Waals surface area contributed by atoms with Crippen LogP contribution in [0.2, 0.25) is 5.02 Å². The number of carbonyl (C=O) groups excluding carboxylic acids is 2. The summed E-state index contributed by atoms with van der Waals surface area (Å²) in [6.07, 6.45) is 0. The van der Waals surface area contributed by atoms with Crippen molar-refractivity contribution in [3.05, 3.63) is 64.7 Å². The van der Waals surface area contributed by atoms with E-state index in [0.29, 0.717) is 21.8 Å². The summed E-state index contributed by atoms with van der Waals surface area (Å²) in [4.78, 5) is 23.5. The Labute approximate surface area is 116 Å². The molecule has 0 heterocycles. The highest BCUT2D eigenvalue weighted by molar-refractivity contribution is 6.31. The maximum atomic E-state index is 12.4. The lowest BCUT2D eigenvalue weighted by molar-refractivity contribution is -0.114. The summed E-state index contributed by atoms with van der Waals surface area (Å²) in [7, 11) is 0. The summed E-state index contributed by atoms with van der Waals surface area (Å²) in [5, 5.41) is 3.09. The molecule has 0 radical (unpaired) electrons. The average Bonchev–Trinajstić information content (AvgIpc) is 2.40. The van der Waals surface area contributed by atoms with E-state index >= 15 is 0 Å². The fraction of sp³-hybridized carbons (Fsp3) is 0.0667. The Balaban J connectivity index is 2.45. The maximum Gasteiger partial charge on any atom is 0.221 e. The molecular formula is C15H12ClNO2. The number of hydrogen-bond donors (Lipinski definition) is 1. The zero-order valence-corrected chi connectivity index (χ0v) is 11.1. The number of rotatable bonds is 3. The minimum atomic E-state index is -0.232. The molecule has 3 nitrogen and oxygen atoms in total. The van der Waals surface area contributed by atoms with Gasteiger partial charge in [0.15, 0.2) is 5.78 Å². The zero-order valence-electron chi connectivity index (χ0n) is 10.3. The fourth-order valence-electron chi connectivity index (χ4n) is 1.75. The first-order valence-electron chi connectivity index (χ1n) is 5.75. The van der Waals surface area contributed by atoms with Crippen molar-refractivity contribution < 1.29 is 9.59 Å². The summed E-state index contributed by atoms with van der Waals surface area (Å²) in [5.41, 5.74) is 1.40. The average molecular weight is 280 g/mol. The normalized spacial score (nSPS) is 10.0. The van der Waals surface area contributed by atoms with Crippen LogP contribution in [0.1, 0.15) is 22.8 Å². The van der Waals surface area contributed by atoms with Gasteiger partial charge in [-0.05, 0) is 18.2 Å². The molecule has 2 aromatic rings. The first-order chi connectivity index (χ1) is 9.08. The van der Waals surface area contributed by atoms with Crippen molar-refractivity contribution >= 4 is 29.0 Å². The molecule has 1 N–H and O–H groups in total. The van der Waals surface area contributed by atoms with Crippen LogP contribution in [-0.2, 0) is 4.79 Å². The summed E-state index contributed by atoms with van der Waals surface area (Å²) >= 11 is 5.92. The lowest BCUT2D eigenvalue weighted by Gasteiger charge is -2.09. The molecule has 0 aromatic heterocycles. The zero-order chi connectivity index (χ0) is 13.8. The van der Waals surface area contributed by atoms with Crippen molar-refractivity contribution in [2.24, 2.45) is 0 Å². The van der Waals surface area contributed by atoms with Gasteiger partial charge in [0.1, 0.15) is 0 Å². The van der Waals surface area contributed by atoms with Crippen molar-refractivity contribution in [2.45, 2.75) is 6.92 Å². The van der Waals surface area contributed by atoms with Gasteiger partial charge < -0.3 is 5.32 Å². The Morgan fingerprint density at radius 1 is 1.05 bits per heavy atom. The van der Waals surface area contributed by atoms with Crippen LogP contribution < -0.4 is 5.32 Å². The molecule has 0 atom stereocenters. The van der Waals surface area contributed by atoms with Crippen molar-refractivity contribution in [3.63, 3.8) is 0 Å². The highest BCUT2D eigenvalue weighted by Crippen LogP contribution is 2.23. The van der Waals surface area contributed by atoms with E-state index < -0.39 is 0 Å². The molecule has 1 amide bonds. The highest BCUT2D eigenvalue weighted by atomic mass is 35.5.